The van der Waals surface area contributed by atoms with Crippen LogP contribution in [0.2, 0.25) is 0 Å². The van der Waals surface area contributed by atoms with Gasteiger partial charge in [0.1, 0.15) is 0 Å². The Morgan fingerprint density at radius 3 is 2.96 bits per heavy atom. The van der Waals surface area contributed by atoms with E-state index in [1.807, 2.05) is 41.5 Å². The van der Waals surface area contributed by atoms with Crippen LogP contribution in [0.15, 0.2) is 29.6 Å². The van der Waals surface area contributed by atoms with Crippen LogP contribution in [0.5, 0.6) is 0 Å². The van der Waals surface area contributed by atoms with Gasteiger partial charge < -0.3 is 10.0 Å². The SMILES string of the molecule is Cc1ccc(NC(=O)N2CCCCC[C@H]2C[C@H](O)c2cccs2)s1. The summed E-state index contributed by atoms with van der Waals surface area (Å²) in [6, 6.07) is 7.93. The minimum absolute atomic E-state index is 0.0397. The fraction of sp³-hybridized carbons (Fsp3) is 0.500. The molecule has 0 aromatic carbocycles. The molecule has 1 aliphatic heterocycles. The first-order chi connectivity index (χ1) is 11.6. The Kier molecular flexibility index (Phi) is 5.92. The lowest BCUT2D eigenvalue weighted by Gasteiger charge is -2.31. The smallest absolute Gasteiger partial charge is 0.322 e. The number of thiophene rings is 2. The lowest BCUT2D eigenvalue weighted by molar-refractivity contribution is 0.118. The molecule has 0 bridgehead atoms. The minimum atomic E-state index is -0.493. The van der Waals surface area contributed by atoms with Gasteiger partial charge in [0, 0.05) is 22.3 Å². The minimum Gasteiger partial charge on any atom is -0.387 e. The number of nitrogens with one attached hydrogen (secondary N) is 1. The van der Waals surface area contributed by atoms with Gasteiger partial charge in [-0.05, 0) is 49.8 Å². The molecular formula is C18H24N2O2S2. The molecule has 1 fully saturated rings. The predicted molar refractivity (Wildman–Crippen MR) is 101 cm³/mol. The van der Waals surface area contributed by atoms with Gasteiger partial charge in [-0.3, -0.25) is 5.32 Å². The zero-order valence-electron chi connectivity index (χ0n) is 13.9. The number of aliphatic hydroxyl groups is 1. The van der Waals surface area contributed by atoms with Crippen molar-refractivity contribution in [1.29, 1.82) is 0 Å². The van der Waals surface area contributed by atoms with Crippen molar-refractivity contribution in [3.8, 4) is 0 Å². The van der Waals surface area contributed by atoms with E-state index in [-0.39, 0.29) is 12.1 Å². The molecular weight excluding hydrogens is 340 g/mol. The van der Waals surface area contributed by atoms with Crippen LogP contribution >= 0.6 is 22.7 Å². The molecule has 3 rings (SSSR count). The molecule has 2 aromatic rings. The average Bonchev–Trinajstić information content (AvgIpc) is 3.16. The number of carbonyl (C=O) groups is 1. The average molecular weight is 365 g/mol. The number of amides is 2. The Labute approximate surface area is 151 Å². The number of aliphatic hydroxyl groups excluding tert-OH is 1. The third kappa shape index (κ3) is 4.37. The molecule has 2 N–H and O–H groups in total. The number of nitrogens with zero attached hydrogens (tertiary/aromatic N) is 1. The third-order valence-corrected chi connectivity index (χ3v) is 6.37. The molecule has 130 valence electrons. The Bertz CT molecular complexity index is 654. The van der Waals surface area contributed by atoms with E-state index < -0.39 is 6.10 Å². The molecule has 2 amide bonds. The first-order valence-corrected chi connectivity index (χ1v) is 10.2. The Morgan fingerprint density at radius 2 is 2.25 bits per heavy atom. The molecule has 4 nitrogen and oxygen atoms in total. The van der Waals surface area contributed by atoms with Crippen LogP contribution in [0.1, 0.15) is 48.0 Å². The maximum atomic E-state index is 12.8. The second-order valence-electron chi connectivity index (χ2n) is 6.30. The van der Waals surface area contributed by atoms with Gasteiger partial charge in [-0.25, -0.2) is 4.79 Å². The number of carbonyl (C=O) groups excluding carboxylic acids is 1. The van der Waals surface area contributed by atoms with Gasteiger partial charge in [-0.1, -0.05) is 18.9 Å². The van der Waals surface area contributed by atoms with E-state index in [4.69, 9.17) is 0 Å². The first-order valence-electron chi connectivity index (χ1n) is 8.49. The summed E-state index contributed by atoms with van der Waals surface area (Å²) in [5.41, 5.74) is 0. The molecule has 6 heteroatoms. The largest absolute Gasteiger partial charge is 0.387 e. The van der Waals surface area contributed by atoms with Crippen LogP contribution in [-0.2, 0) is 0 Å². The molecule has 2 atom stereocenters. The van der Waals surface area contributed by atoms with Crippen molar-refractivity contribution >= 4 is 33.7 Å². The van der Waals surface area contributed by atoms with E-state index in [0.29, 0.717) is 6.42 Å². The van der Waals surface area contributed by atoms with Gasteiger partial charge >= 0.3 is 6.03 Å². The molecule has 0 saturated carbocycles. The summed E-state index contributed by atoms with van der Waals surface area (Å²) < 4.78 is 0. The summed E-state index contributed by atoms with van der Waals surface area (Å²) in [5, 5.41) is 16.4. The zero-order chi connectivity index (χ0) is 16.9. The molecule has 0 unspecified atom stereocenters. The Balaban J connectivity index is 1.68. The van der Waals surface area contributed by atoms with Crippen molar-refractivity contribution in [3.05, 3.63) is 39.4 Å². The van der Waals surface area contributed by atoms with Crippen molar-refractivity contribution < 1.29 is 9.90 Å². The summed E-state index contributed by atoms with van der Waals surface area (Å²) >= 11 is 3.16. The molecule has 0 aliphatic carbocycles. The van der Waals surface area contributed by atoms with Crippen molar-refractivity contribution in [2.24, 2.45) is 0 Å². The standard InChI is InChI=1S/C18H24N2O2S2/c1-13-8-9-17(24-13)19-18(22)20-10-4-2-3-6-14(20)12-15(21)16-7-5-11-23-16/h5,7-9,11,14-15,21H,2-4,6,10,12H2,1H3,(H,19,22)/t14-,15-/m0/s1. The summed E-state index contributed by atoms with van der Waals surface area (Å²) in [6.45, 7) is 2.80. The maximum absolute atomic E-state index is 12.8. The molecule has 3 heterocycles. The van der Waals surface area contributed by atoms with E-state index in [2.05, 4.69) is 5.32 Å². The van der Waals surface area contributed by atoms with Crippen LogP contribution in [0, 0.1) is 6.92 Å². The summed E-state index contributed by atoms with van der Waals surface area (Å²) in [7, 11) is 0. The Morgan fingerprint density at radius 1 is 1.38 bits per heavy atom. The zero-order valence-corrected chi connectivity index (χ0v) is 15.5. The Hall–Kier alpha value is -1.37. The van der Waals surface area contributed by atoms with Crippen LogP contribution < -0.4 is 5.32 Å². The van der Waals surface area contributed by atoms with Crippen LogP contribution in [0.25, 0.3) is 0 Å². The second-order valence-corrected chi connectivity index (χ2v) is 8.57. The number of anilines is 1. The quantitative estimate of drug-likeness (QED) is 0.800. The van der Waals surface area contributed by atoms with Gasteiger partial charge in [-0.2, -0.15) is 0 Å². The van der Waals surface area contributed by atoms with Gasteiger partial charge in [0.05, 0.1) is 11.1 Å². The molecule has 2 aromatic heterocycles. The number of hydrogen-bond acceptors (Lipinski definition) is 4. The maximum Gasteiger partial charge on any atom is 0.322 e. The number of urea groups is 1. The van der Waals surface area contributed by atoms with E-state index in [0.717, 1.165) is 42.1 Å². The highest BCUT2D eigenvalue weighted by Crippen LogP contribution is 2.29. The number of rotatable bonds is 4. The van der Waals surface area contributed by atoms with Crippen molar-refractivity contribution in [2.45, 2.75) is 51.2 Å². The summed E-state index contributed by atoms with van der Waals surface area (Å²) in [6.07, 6.45) is 4.36. The highest BCUT2D eigenvalue weighted by molar-refractivity contribution is 7.16. The third-order valence-electron chi connectivity index (χ3n) is 4.48. The first kappa shape index (κ1) is 17.5. The predicted octanol–water partition coefficient (Wildman–Crippen LogP) is 5.02. The van der Waals surface area contributed by atoms with E-state index >= 15 is 0 Å². The molecule has 0 spiro atoms. The van der Waals surface area contributed by atoms with Gasteiger partial charge in [0.2, 0.25) is 0 Å². The van der Waals surface area contributed by atoms with E-state index in [9.17, 15) is 9.90 Å². The molecule has 24 heavy (non-hydrogen) atoms. The fourth-order valence-electron chi connectivity index (χ4n) is 3.22. The lowest BCUT2D eigenvalue weighted by Crippen LogP contribution is -2.43. The van der Waals surface area contributed by atoms with E-state index in [1.54, 1.807) is 22.7 Å². The van der Waals surface area contributed by atoms with Crippen LogP contribution in [0.4, 0.5) is 9.80 Å². The van der Waals surface area contributed by atoms with Crippen LogP contribution in [0.3, 0.4) is 0 Å². The normalized spacial score (nSPS) is 19.8. The second kappa shape index (κ2) is 8.14. The highest BCUT2D eigenvalue weighted by Gasteiger charge is 2.28. The lowest BCUT2D eigenvalue weighted by atomic mass is 10.0. The molecule has 1 aliphatic rings. The number of likely N-dealkylation sites (tertiary alicyclic amines) is 1. The number of aryl methyl sites for hydroxylation is 1. The fourth-order valence-corrected chi connectivity index (χ4v) is 4.71. The highest BCUT2D eigenvalue weighted by atomic mass is 32.1. The summed E-state index contributed by atoms with van der Waals surface area (Å²) in [4.78, 5) is 16.8. The van der Waals surface area contributed by atoms with Crippen molar-refractivity contribution in [2.75, 3.05) is 11.9 Å². The van der Waals surface area contributed by atoms with Gasteiger partial charge in [0.25, 0.3) is 0 Å². The van der Waals surface area contributed by atoms with Crippen molar-refractivity contribution in [3.63, 3.8) is 0 Å². The van der Waals surface area contributed by atoms with Gasteiger partial charge in [0.15, 0.2) is 0 Å². The monoisotopic (exact) mass is 364 g/mol. The van der Waals surface area contributed by atoms with Crippen LogP contribution in [-0.4, -0.2) is 28.6 Å². The van der Waals surface area contributed by atoms with E-state index in [1.165, 1.54) is 4.88 Å². The van der Waals surface area contributed by atoms with Crippen molar-refractivity contribution in [1.82, 2.24) is 4.90 Å². The van der Waals surface area contributed by atoms with Gasteiger partial charge in [-0.15, -0.1) is 22.7 Å². The molecule has 0 radical (unpaired) electrons. The molecule has 1 saturated heterocycles. The summed E-state index contributed by atoms with van der Waals surface area (Å²) in [5.74, 6) is 0. The number of hydrogen-bond donors (Lipinski definition) is 2. The topological polar surface area (TPSA) is 52.6 Å².